The van der Waals surface area contributed by atoms with Crippen molar-refractivity contribution < 1.29 is 9.59 Å². The van der Waals surface area contributed by atoms with Crippen molar-refractivity contribution in [2.24, 2.45) is 0 Å². The standard InChI is InChI=1S/C31H36N2O2/c1-24-17-19-26(20-18-24)22-30(34)33(23-27-13-7-3-8-14-27)29(21-25-11-5-2-6-12-25)31(35)32-28-15-9-4-10-16-28/h2-3,5-8,11-14,17-20,28-29H,4,9-10,15-16,21-23H2,1H3,(H,32,35)/t29-/m0/s1. The van der Waals surface area contributed by atoms with Crippen LogP contribution in [0.1, 0.15) is 54.4 Å². The van der Waals surface area contributed by atoms with Gasteiger partial charge in [-0.1, -0.05) is 110 Å². The monoisotopic (exact) mass is 468 g/mol. The summed E-state index contributed by atoms with van der Waals surface area (Å²) >= 11 is 0. The summed E-state index contributed by atoms with van der Waals surface area (Å²) in [6.45, 7) is 2.44. The maximum Gasteiger partial charge on any atom is 0.243 e. The third-order valence-corrected chi connectivity index (χ3v) is 6.89. The number of nitrogens with zero attached hydrogens (tertiary/aromatic N) is 1. The normalized spacial score (nSPS) is 14.8. The van der Waals surface area contributed by atoms with Crippen molar-refractivity contribution in [3.05, 3.63) is 107 Å². The van der Waals surface area contributed by atoms with E-state index in [2.05, 4.69) is 5.32 Å². The van der Waals surface area contributed by atoms with Crippen molar-refractivity contribution in [2.75, 3.05) is 0 Å². The van der Waals surface area contributed by atoms with Gasteiger partial charge in [-0.25, -0.2) is 0 Å². The molecule has 0 saturated heterocycles. The first-order valence-corrected chi connectivity index (χ1v) is 12.8. The summed E-state index contributed by atoms with van der Waals surface area (Å²) in [6, 6.07) is 27.7. The molecule has 4 rings (SSSR count). The van der Waals surface area contributed by atoms with Gasteiger partial charge in [-0.2, -0.15) is 0 Å². The summed E-state index contributed by atoms with van der Waals surface area (Å²) in [5.74, 6) is -0.0774. The maximum atomic E-state index is 13.8. The van der Waals surface area contributed by atoms with Crippen LogP contribution in [0.3, 0.4) is 0 Å². The molecule has 4 nitrogen and oxygen atoms in total. The summed E-state index contributed by atoms with van der Waals surface area (Å²) in [4.78, 5) is 29.3. The third-order valence-electron chi connectivity index (χ3n) is 6.89. The first-order chi connectivity index (χ1) is 17.1. The van der Waals surface area contributed by atoms with E-state index in [1.54, 1.807) is 4.90 Å². The number of hydrogen-bond donors (Lipinski definition) is 1. The Balaban J connectivity index is 1.63. The molecule has 1 N–H and O–H groups in total. The van der Waals surface area contributed by atoms with Crippen LogP contribution in [0.4, 0.5) is 0 Å². The molecule has 35 heavy (non-hydrogen) atoms. The maximum absolute atomic E-state index is 13.8. The van der Waals surface area contributed by atoms with Gasteiger partial charge in [-0.15, -0.1) is 0 Å². The van der Waals surface area contributed by atoms with E-state index in [-0.39, 0.29) is 24.3 Å². The number of carbonyl (C=O) groups excluding carboxylic acids is 2. The van der Waals surface area contributed by atoms with Crippen LogP contribution in [0.15, 0.2) is 84.9 Å². The second-order valence-corrected chi connectivity index (χ2v) is 9.72. The highest BCUT2D eigenvalue weighted by Gasteiger charge is 2.31. The fourth-order valence-corrected chi connectivity index (χ4v) is 4.86. The lowest BCUT2D eigenvalue weighted by Gasteiger charge is -2.33. The van der Waals surface area contributed by atoms with Crippen molar-refractivity contribution in [1.82, 2.24) is 10.2 Å². The van der Waals surface area contributed by atoms with Gasteiger partial charge >= 0.3 is 0 Å². The first-order valence-electron chi connectivity index (χ1n) is 12.8. The highest BCUT2D eigenvalue weighted by molar-refractivity contribution is 5.89. The molecular weight excluding hydrogens is 432 g/mol. The fourth-order valence-electron chi connectivity index (χ4n) is 4.86. The van der Waals surface area contributed by atoms with Crippen LogP contribution in [0.2, 0.25) is 0 Å². The Hall–Kier alpha value is -3.40. The van der Waals surface area contributed by atoms with Gasteiger partial charge in [-0.05, 0) is 36.5 Å². The Labute approximate surface area is 209 Å². The summed E-state index contributed by atoms with van der Waals surface area (Å²) in [6.07, 6.45) is 6.32. The van der Waals surface area contributed by atoms with Crippen LogP contribution in [0.25, 0.3) is 0 Å². The van der Waals surface area contributed by atoms with Crippen LogP contribution >= 0.6 is 0 Å². The molecule has 0 aliphatic heterocycles. The smallest absolute Gasteiger partial charge is 0.243 e. The second-order valence-electron chi connectivity index (χ2n) is 9.72. The van der Waals surface area contributed by atoms with Crippen molar-refractivity contribution in [1.29, 1.82) is 0 Å². The lowest BCUT2D eigenvalue weighted by atomic mass is 9.94. The molecule has 0 aromatic heterocycles. The molecule has 3 aromatic rings. The number of nitrogens with one attached hydrogen (secondary N) is 1. The van der Waals surface area contributed by atoms with Gasteiger partial charge in [0.2, 0.25) is 11.8 Å². The lowest BCUT2D eigenvalue weighted by molar-refractivity contribution is -0.141. The second kappa shape index (κ2) is 12.3. The van der Waals surface area contributed by atoms with E-state index >= 15 is 0 Å². The first kappa shape index (κ1) is 24.7. The van der Waals surface area contributed by atoms with Crippen LogP contribution in [-0.2, 0) is 29.0 Å². The molecule has 0 unspecified atom stereocenters. The summed E-state index contributed by atoms with van der Waals surface area (Å²) in [5, 5.41) is 3.30. The highest BCUT2D eigenvalue weighted by atomic mass is 16.2. The van der Waals surface area contributed by atoms with Crippen LogP contribution < -0.4 is 5.32 Å². The van der Waals surface area contributed by atoms with Gasteiger partial charge in [-0.3, -0.25) is 9.59 Å². The molecular formula is C31H36N2O2. The van der Waals surface area contributed by atoms with E-state index in [1.165, 1.54) is 6.42 Å². The highest BCUT2D eigenvalue weighted by Crippen LogP contribution is 2.20. The topological polar surface area (TPSA) is 49.4 Å². The van der Waals surface area contributed by atoms with Crippen molar-refractivity contribution in [2.45, 2.75) is 70.5 Å². The minimum absolute atomic E-state index is 0.0302. The average Bonchev–Trinajstić information content (AvgIpc) is 2.89. The third kappa shape index (κ3) is 7.29. The predicted molar refractivity (Wildman–Crippen MR) is 141 cm³/mol. The Morgan fingerprint density at radius 1 is 0.800 bits per heavy atom. The Morgan fingerprint density at radius 3 is 2.03 bits per heavy atom. The average molecular weight is 469 g/mol. The van der Waals surface area contributed by atoms with E-state index in [4.69, 9.17) is 0 Å². The van der Waals surface area contributed by atoms with Crippen LogP contribution in [-0.4, -0.2) is 28.8 Å². The molecule has 0 heterocycles. The molecule has 0 radical (unpaired) electrons. The van der Waals surface area contributed by atoms with Gasteiger partial charge in [0.15, 0.2) is 0 Å². The molecule has 1 atom stereocenters. The van der Waals surface area contributed by atoms with E-state index in [9.17, 15) is 9.59 Å². The molecule has 182 valence electrons. The van der Waals surface area contributed by atoms with Gasteiger partial charge in [0.05, 0.1) is 6.42 Å². The van der Waals surface area contributed by atoms with Crippen molar-refractivity contribution in [3.63, 3.8) is 0 Å². The fraction of sp³-hybridized carbons (Fsp3) is 0.355. The molecule has 1 aliphatic rings. The summed E-state index contributed by atoms with van der Waals surface area (Å²) < 4.78 is 0. The van der Waals surface area contributed by atoms with E-state index in [1.807, 2.05) is 91.9 Å². The molecule has 1 aliphatic carbocycles. The van der Waals surface area contributed by atoms with Gasteiger partial charge < -0.3 is 10.2 Å². The Morgan fingerprint density at radius 2 is 1.40 bits per heavy atom. The zero-order valence-corrected chi connectivity index (χ0v) is 20.7. The van der Waals surface area contributed by atoms with Crippen molar-refractivity contribution in [3.8, 4) is 0 Å². The molecule has 2 amide bonds. The zero-order valence-electron chi connectivity index (χ0n) is 20.7. The SMILES string of the molecule is Cc1ccc(CC(=O)N(Cc2ccccc2)[C@@H](Cc2ccccc2)C(=O)NC2CCCCC2)cc1. The lowest BCUT2D eigenvalue weighted by Crippen LogP contribution is -2.53. The Bertz CT molecular complexity index is 1070. The number of amides is 2. The molecule has 1 saturated carbocycles. The molecule has 0 spiro atoms. The van der Waals surface area contributed by atoms with Crippen LogP contribution in [0.5, 0.6) is 0 Å². The quantitative estimate of drug-likeness (QED) is 0.443. The molecule has 1 fully saturated rings. The summed E-state index contributed by atoms with van der Waals surface area (Å²) in [5.41, 5.74) is 4.20. The van der Waals surface area contributed by atoms with Crippen LogP contribution in [0, 0.1) is 6.92 Å². The number of rotatable bonds is 9. The van der Waals surface area contributed by atoms with E-state index in [0.29, 0.717) is 13.0 Å². The number of carbonyl (C=O) groups is 2. The van der Waals surface area contributed by atoms with E-state index in [0.717, 1.165) is 47.9 Å². The zero-order chi connectivity index (χ0) is 24.5. The summed E-state index contributed by atoms with van der Waals surface area (Å²) in [7, 11) is 0. The molecule has 4 heteroatoms. The largest absolute Gasteiger partial charge is 0.352 e. The number of hydrogen-bond acceptors (Lipinski definition) is 2. The Kier molecular flexibility index (Phi) is 8.72. The van der Waals surface area contributed by atoms with E-state index < -0.39 is 6.04 Å². The molecule has 3 aromatic carbocycles. The van der Waals surface area contributed by atoms with Gasteiger partial charge in [0.25, 0.3) is 0 Å². The van der Waals surface area contributed by atoms with Gasteiger partial charge in [0, 0.05) is 19.0 Å². The predicted octanol–water partition coefficient (Wildman–Crippen LogP) is 5.63. The van der Waals surface area contributed by atoms with Crippen molar-refractivity contribution >= 4 is 11.8 Å². The number of benzene rings is 3. The molecule has 0 bridgehead atoms. The minimum Gasteiger partial charge on any atom is -0.352 e. The van der Waals surface area contributed by atoms with Gasteiger partial charge in [0.1, 0.15) is 6.04 Å². The minimum atomic E-state index is -0.572. The number of aryl methyl sites for hydroxylation is 1.